The van der Waals surface area contributed by atoms with Crippen molar-refractivity contribution in [3.05, 3.63) is 169 Å². The fourth-order valence-electron chi connectivity index (χ4n) is 7.31. The van der Waals surface area contributed by atoms with E-state index in [9.17, 15) is 10.5 Å². The van der Waals surface area contributed by atoms with Crippen LogP contribution in [0.3, 0.4) is 0 Å². The van der Waals surface area contributed by atoms with Crippen molar-refractivity contribution in [2.45, 2.75) is 0 Å². The van der Waals surface area contributed by atoms with E-state index in [-0.39, 0.29) is 0 Å². The Hall–Kier alpha value is -6.88. The first-order valence-electron chi connectivity index (χ1n) is 15.9. The van der Waals surface area contributed by atoms with Gasteiger partial charge in [-0.2, -0.15) is 10.5 Å². The van der Waals surface area contributed by atoms with Crippen molar-refractivity contribution >= 4 is 43.6 Å². The summed E-state index contributed by atoms with van der Waals surface area (Å²) in [5, 5.41) is 24.9. The Morgan fingerprint density at radius 1 is 0.375 bits per heavy atom. The number of aromatic nitrogens is 2. The number of fused-ring (bicyclic) bond motifs is 6. The second-order valence-corrected chi connectivity index (χ2v) is 12.0. The molecule has 7 aromatic carbocycles. The van der Waals surface area contributed by atoms with Gasteiger partial charge in [-0.15, -0.1) is 0 Å². The molecule has 0 aliphatic carbocycles. The second-order valence-electron chi connectivity index (χ2n) is 12.0. The summed E-state index contributed by atoms with van der Waals surface area (Å²) < 4.78 is 4.44. The van der Waals surface area contributed by atoms with Crippen molar-refractivity contribution in [2.75, 3.05) is 0 Å². The number of para-hydroxylation sites is 5. The summed E-state index contributed by atoms with van der Waals surface area (Å²) in [5.74, 6) is 0. The van der Waals surface area contributed by atoms with E-state index in [1.807, 2.05) is 42.5 Å². The van der Waals surface area contributed by atoms with E-state index in [1.54, 1.807) is 0 Å². The second kappa shape index (κ2) is 10.9. The van der Waals surface area contributed by atoms with E-state index in [4.69, 9.17) is 0 Å². The molecule has 0 unspecified atom stereocenters. The van der Waals surface area contributed by atoms with Gasteiger partial charge in [0.1, 0.15) is 12.1 Å². The van der Waals surface area contributed by atoms with Crippen LogP contribution in [0, 0.1) is 22.7 Å². The zero-order valence-corrected chi connectivity index (χ0v) is 25.8. The highest BCUT2D eigenvalue weighted by molar-refractivity contribution is 6.11. The predicted octanol–water partition coefficient (Wildman–Crippen LogP) is 11.0. The minimum atomic E-state index is 0.544. The maximum absolute atomic E-state index is 10.3. The molecule has 2 aromatic heterocycles. The van der Waals surface area contributed by atoms with Crippen LogP contribution in [0.2, 0.25) is 0 Å². The molecule has 0 radical (unpaired) electrons. The molecule has 0 aliphatic heterocycles. The van der Waals surface area contributed by atoms with Crippen LogP contribution in [0.5, 0.6) is 0 Å². The van der Waals surface area contributed by atoms with Crippen LogP contribution < -0.4 is 0 Å². The van der Waals surface area contributed by atoms with Gasteiger partial charge in [0.15, 0.2) is 0 Å². The van der Waals surface area contributed by atoms with Gasteiger partial charge in [-0.25, -0.2) is 0 Å². The Bertz CT molecular complexity index is 2760. The van der Waals surface area contributed by atoms with Crippen LogP contribution in [0.25, 0.3) is 77.2 Å². The summed E-state index contributed by atoms with van der Waals surface area (Å²) in [4.78, 5) is 0. The topological polar surface area (TPSA) is 57.4 Å². The van der Waals surface area contributed by atoms with E-state index in [2.05, 4.69) is 137 Å². The molecule has 48 heavy (non-hydrogen) atoms. The summed E-state index contributed by atoms with van der Waals surface area (Å²) in [6, 6.07) is 59.0. The minimum Gasteiger partial charge on any atom is -0.309 e. The largest absolute Gasteiger partial charge is 0.309 e. The van der Waals surface area contributed by atoms with Crippen LogP contribution in [-0.2, 0) is 0 Å². The van der Waals surface area contributed by atoms with Gasteiger partial charge in [0.2, 0.25) is 0 Å². The fraction of sp³-hybridized carbons (Fsp3) is 0. The highest BCUT2D eigenvalue weighted by atomic mass is 15.0. The van der Waals surface area contributed by atoms with Gasteiger partial charge in [0.05, 0.1) is 44.6 Å². The third kappa shape index (κ3) is 4.07. The maximum atomic E-state index is 10.3. The number of hydrogen-bond donors (Lipinski definition) is 0. The highest BCUT2D eigenvalue weighted by Crippen LogP contribution is 2.39. The SMILES string of the molecule is N#Cc1ccc(-c2cccc(-c3ccccc3-n3c4ccccc4c4ccccc43)c2)cc1-n1c2ccccc2c2cccc(C#N)c21. The van der Waals surface area contributed by atoms with Crippen LogP contribution in [0.1, 0.15) is 11.1 Å². The zero-order chi connectivity index (χ0) is 32.2. The molecule has 4 heteroatoms. The monoisotopic (exact) mass is 610 g/mol. The molecule has 0 spiro atoms. The number of hydrogen-bond acceptors (Lipinski definition) is 2. The lowest BCUT2D eigenvalue weighted by Crippen LogP contribution is -2.00. The third-order valence-electron chi connectivity index (χ3n) is 9.41. The smallest absolute Gasteiger partial charge is 0.101 e. The van der Waals surface area contributed by atoms with Crippen LogP contribution in [-0.4, -0.2) is 9.13 Å². The Balaban J connectivity index is 1.24. The van der Waals surface area contributed by atoms with Crippen molar-refractivity contribution in [1.29, 1.82) is 10.5 Å². The molecule has 9 aromatic rings. The van der Waals surface area contributed by atoms with E-state index in [1.165, 1.54) is 21.8 Å². The number of rotatable bonds is 4. The van der Waals surface area contributed by atoms with Gasteiger partial charge >= 0.3 is 0 Å². The molecular weight excluding hydrogens is 585 g/mol. The summed E-state index contributed by atoms with van der Waals surface area (Å²) in [7, 11) is 0. The van der Waals surface area contributed by atoms with E-state index >= 15 is 0 Å². The molecule has 0 amide bonds. The zero-order valence-electron chi connectivity index (χ0n) is 25.8. The molecule has 0 aliphatic rings. The number of benzene rings is 7. The molecule has 222 valence electrons. The van der Waals surface area contributed by atoms with E-state index in [0.29, 0.717) is 11.1 Å². The molecular formula is C44H26N4. The number of nitriles is 2. The molecule has 9 rings (SSSR count). The van der Waals surface area contributed by atoms with Crippen LogP contribution in [0.4, 0.5) is 0 Å². The average molecular weight is 611 g/mol. The van der Waals surface area contributed by atoms with Gasteiger partial charge in [-0.05, 0) is 65.2 Å². The first-order valence-corrected chi connectivity index (χ1v) is 15.9. The lowest BCUT2D eigenvalue weighted by atomic mass is 9.96. The maximum Gasteiger partial charge on any atom is 0.101 e. The van der Waals surface area contributed by atoms with Gasteiger partial charge < -0.3 is 9.13 Å². The summed E-state index contributed by atoms with van der Waals surface area (Å²) in [5.41, 5.74) is 11.3. The Labute approximate surface area is 277 Å². The Morgan fingerprint density at radius 2 is 0.917 bits per heavy atom. The van der Waals surface area contributed by atoms with Crippen molar-refractivity contribution < 1.29 is 0 Å². The number of nitrogens with zero attached hydrogens (tertiary/aromatic N) is 4. The van der Waals surface area contributed by atoms with Crippen LogP contribution >= 0.6 is 0 Å². The highest BCUT2D eigenvalue weighted by Gasteiger charge is 2.19. The van der Waals surface area contributed by atoms with E-state index in [0.717, 1.165) is 55.4 Å². The van der Waals surface area contributed by atoms with Crippen molar-refractivity contribution in [3.8, 4) is 45.8 Å². The third-order valence-corrected chi connectivity index (χ3v) is 9.41. The Morgan fingerprint density at radius 3 is 1.62 bits per heavy atom. The first-order chi connectivity index (χ1) is 23.7. The predicted molar refractivity (Wildman–Crippen MR) is 195 cm³/mol. The fourth-order valence-corrected chi connectivity index (χ4v) is 7.31. The molecule has 0 saturated carbocycles. The molecule has 0 atom stereocenters. The molecule has 0 fully saturated rings. The minimum absolute atomic E-state index is 0.544. The van der Waals surface area contributed by atoms with Gasteiger partial charge in [-0.1, -0.05) is 109 Å². The summed E-state index contributed by atoms with van der Waals surface area (Å²) >= 11 is 0. The first kappa shape index (κ1) is 27.4. The normalized spacial score (nSPS) is 11.3. The lowest BCUT2D eigenvalue weighted by Gasteiger charge is -2.16. The van der Waals surface area contributed by atoms with Gasteiger partial charge in [0.25, 0.3) is 0 Å². The van der Waals surface area contributed by atoms with Crippen molar-refractivity contribution in [1.82, 2.24) is 9.13 Å². The molecule has 0 bridgehead atoms. The van der Waals surface area contributed by atoms with E-state index < -0.39 is 0 Å². The molecule has 2 heterocycles. The Kier molecular flexibility index (Phi) is 6.22. The van der Waals surface area contributed by atoms with Crippen molar-refractivity contribution in [3.63, 3.8) is 0 Å². The molecule has 0 saturated heterocycles. The summed E-state index contributed by atoms with van der Waals surface area (Å²) in [6.45, 7) is 0. The van der Waals surface area contributed by atoms with Gasteiger partial charge in [-0.3, -0.25) is 0 Å². The standard InChI is InChI=1S/C44H26N4/c45-27-32-24-23-30(26-43(32)48-42-22-8-4-17-37(42)38-18-10-13-33(28-46)44(38)48)29-11-9-12-31(25-29)34-14-1-5-19-39(34)47-40-20-6-2-15-35(40)36-16-3-7-21-41(36)47/h1-26H. The quantitative estimate of drug-likeness (QED) is 0.199. The summed E-state index contributed by atoms with van der Waals surface area (Å²) in [6.07, 6.45) is 0. The lowest BCUT2D eigenvalue weighted by molar-refractivity contribution is 1.16. The van der Waals surface area contributed by atoms with Gasteiger partial charge in [0, 0.05) is 27.1 Å². The van der Waals surface area contributed by atoms with Crippen LogP contribution in [0.15, 0.2) is 158 Å². The average Bonchev–Trinajstić information content (AvgIpc) is 3.68. The molecule has 0 N–H and O–H groups in total. The van der Waals surface area contributed by atoms with Crippen molar-refractivity contribution in [2.24, 2.45) is 0 Å². The molecule has 4 nitrogen and oxygen atoms in total.